The van der Waals surface area contributed by atoms with Gasteiger partial charge in [-0.1, -0.05) is 0 Å². The van der Waals surface area contributed by atoms with Gasteiger partial charge in [-0.2, -0.15) is 0 Å². The molecule has 5 heteroatoms. The SMILES string of the molecule is CCOc1ccc(I)c(C(=O)O)c1F. The molecule has 0 fully saturated rings. The molecule has 1 aromatic carbocycles. The molecule has 0 amide bonds. The van der Waals surface area contributed by atoms with Crippen LogP contribution in [0.2, 0.25) is 0 Å². The predicted molar refractivity (Wildman–Crippen MR) is 57.2 cm³/mol. The van der Waals surface area contributed by atoms with Gasteiger partial charge in [0.1, 0.15) is 5.56 Å². The highest BCUT2D eigenvalue weighted by Gasteiger charge is 2.18. The van der Waals surface area contributed by atoms with Crippen LogP contribution < -0.4 is 4.74 Å². The fraction of sp³-hybridized carbons (Fsp3) is 0.222. The second-order valence-corrected chi connectivity index (χ2v) is 3.63. The van der Waals surface area contributed by atoms with Crippen molar-refractivity contribution in [3.63, 3.8) is 0 Å². The zero-order chi connectivity index (χ0) is 10.7. The summed E-state index contributed by atoms with van der Waals surface area (Å²) in [5.74, 6) is -2.12. The highest BCUT2D eigenvalue weighted by atomic mass is 127. The average Bonchev–Trinajstić information content (AvgIpc) is 2.10. The van der Waals surface area contributed by atoms with Crippen LogP contribution in [0, 0.1) is 9.39 Å². The molecule has 0 atom stereocenters. The number of aromatic carboxylic acids is 1. The first-order valence-electron chi connectivity index (χ1n) is 3.92. The zero-order valence-electron chi connectivity index (χ0n) is 7.38. The molecule has 76 valence electrons. The van der Waals surface area contributed by atoms with Crippen molar-refractivity contribution in [1.82, 2.24) is 0 Å². The Morgan fingerprint density at radius 1 is 1.64 bits per heavy atom. The lowest BCUT2D eigenvalue weighted by atomic mass is 10.2. The molecule has 1 aromatic rings. The van der Waals surface area contributed by atoms with Crippen molar-refractivity contribution in [2.24, 2.45) is 0 Å². The minimum atomic E-state index is -1.28. The van der Waals surface area contributed by atoms with Gasteiger partial charge in [-0.25, -0.2) is 9.18 Å². The van der Waals surface area contributed by atoms with Crippen LogP contribution in [0.5, 0.6) is 5.75 Å². The molecule has 0 spiro atoms. The van der Waals surface area contributed by atoms with Crippen molar-refractivity contribution >= 4 is 28.6 Å². The highest BCUT2D eigenvalue weighted by molar-refractivity contribution is 14.1. The molecule has 0 unspecified atom stereocenters. The van der Waals surface area contributed by atoms with E-state index in [1.807, 2.05) is 0 Å². The van der Waals surface area contributed by atoms with Gasteiger partial charge in [0.15, 0.2) is 11.6 Å². The highest BCUT2D eigenvalue weighted by Crippen LogP contribution is 2.25. The zero-order valence-corrected chi connectivity index (χ0v) is 9.54. The molecule has 14 heavy (non-hydrogen) atoms. The molecule has 0 radical (unpaired) electrons. The molecular formula is C9H8FIO3. The minimum absolute atomic E-state index is 0.0229. The summed E-state index contributed by atoms with van der Waals surface area (Å²) in [6.07, 6.45) is 0. The Bertz CT molecular complexity index is 365. The van der Waals surface area contributed by atoms with Crippen LogP contribution in [0.1, 0.15) is 17.3 Å². The van der Waals surface area contributed by atoms with Crippen LogP contribution >= 0.6 is 22.6 Å². The van der Waals surface area contributed by atoms with E-state index in [-0.39, 0.29) is 11.3 Å². The van der Waals surface area contributed by atoms with Gasteiger partial charge in [0, 0.05) is 3.57 Å². The van der Waals surface area contributed by atoms with Gasteiger partial charge in [-0.3, -0.25) is 0 Å². The number of hydrogen-bond acceptors (Lipinski definition) is 2. The second kappa shape index (κ2) is 4.59. The molecule has 0 saturated carbocycles. The maximum absolute atomic E-state index is 13.5. The first kappa shape index (κ1) is 11.2. The molecule has 1 rings (SSSR count). The lowest BCUT2D eigenvalue weighted by Crippen LogP contribution is -2.06. The van der Waals surface area contributed by atoms with E-state index in [4.69, 9.17) is 9.84 Å². The monoisotopic (exact) mass is 310 g/mol. The van der Waals surface area contributed by atoms with E-state index < -0.39 is 11.8 Å². The van der Waals surface area contributed by atoms with Crippen LogP contribution in [0.3, 0.4) is 0 Å². The third-order valence-electron chi connectivity index (χ3n) is 1.57. The van der Waals surface area contributed by atoms with E-state index in [0.717, 1.165) is 0 Å². The lowest BCUT2D eigenvalue weighted by molar-refractivity contribution is 0.0689. The van der Waals surface area contributed by atoms with Gasteiger partial charge in [-0.15, -0.1) is 0 Å². The summed E-state index contributed by atoms with van der Waals surface area (Å²) in [5, 5.41) is 8.74. The summed E-state index contributed by atoms with van der Waals surface area (Å²) in [5.41, 5.74) is -0.337. The van der Waals surface area contributed by atoms with Crippen LogP contribution in [0.4, 0.5) is 4.39 Å². The quantitative estimate of drug-likeness (QED) is 0.873. The number of benzene rings is 1. The predicted octanol–water partition coefficient (Wildman–Crippen LogP) is 2.53. The average molecular weight is 310 g/mol. The molecule has 0 aliphatic carbocycles. The van der Waals surface area contributed by atoms with Gasteiger partial charge >= 0.3 is 5.97 Å². The number of rotatable bonds is 3. The minimum Gasteiger partial charge on any atom is -0.491 e. The van der Waals surface area contributed by atoms with Gasteiger partial charge in [-0.05, 0) is 41.6 Å². The standard InChI is InChI=1S/C9H8FIO3/c1-2-14-6-4-3-5(11)7(8(6)10)9(12)13/h3-4H,2H2,1H3,(H,12,13). The number of ether oxygens (including phenoxy) is 1. The second-order valence-electron chi connectivity index (χ2n) is 2.47. The summed E-state index contributed by atoms with van der Waals surface area (Å²) in [6.45, 7) is 2.01. The smallest absolute Gasteiger partial charge is 0.339 e. The normalized spacial score (nSPS) is 9.93. The topological polar surface area (TPSA) is 46.5 Å². The molecule has 0 heterocycles. The maximum atomic E-state index is 13.5. The summed E-state index contributed by atoms with van der Waals surface area (Å²) in [7, 11) is 0. The van der Waals surface area contributed by atoms with E-state index in [0.29, 0.717) is 10.2 Å². The van der Waals surface area contributed by atoms with Gasteiger partial charge < -0.3 is 9.84 Å². The maximum Gasteiger partial charge on any atom is 0.339 e. The summed E-state index contributed by atoms with van der Waals surface area (Å²) < 4.78 is 18.8. The van der Waals surface area contributed by atoms with Crippen molar-refractivity contribution in [1.29, 1.82) is 0 Å². The Morgan fingerprint density at radius 2 is 2.29 bits per heavy atom. The third kappa shape index (κ3) is 2.14. The summed E-state index contributed by atoms with van der Waals surface area (Å²) in [6, 6.07) is 2.94. The van der Waals surface area contributed by atoms with Crippen LogP contribution in [0.25, 0.3) is 0 Å². The molecule has 0 aliphatic heterocycles. The largest absolute Gasteiger partial charge is 0.491 e. The van der Waals surface area contributed by atoms with Gasteiger partial charge in [0.05, 0.1) is 6.61 Å². The molecular weight excluding hydrogens is 302 g/mol. The number of carboxylic acids is 1. The molecule has 0 aromatic heterocycles. The molecule has 0 saturated heterocycles. The van der Waals surface area contributed by atoms with E-state index in [2.05, 4.69) is 0 Å². The third-order valence-corrected chi connectivity index (χ3v) is 2.47. The number of halogens is 2. The Morgan fingerprint density at radius 3 is 2.79 bits per heavy atom. The van der Waals surface area contributed by atoms with Crippen molar-refractivity contribution in [2.75, 3.05) is 6.61 Å². The summed E-state index contributed by atoms with van der Waals surface area (Å²) >= 11 is 1.77. The van der Waals surface area contributed by atoms with E-state index >= 15 is 0 Å². The molecule has 3 nitrogen and oxygen atoms in total. The van der Waals surface area contributed by atoms with Crippen LogP contribution in [-0.4, -0.2) is 17.7 Å². The van der Waals surface area contributed by atoms with Crippen molar-refractivity contribution in [2.45, 2.75) is 6.92 Å². The Balaban J connectivity index is 3.26. The fourth-order valence-electron chi connectivity index (χ4n) is 0.996. The molecule has 1 N–H and O–H groups in total. The van der Waals surface area contributed by atoms with Gasteiger partial charge in [0.2, 0.25) is 0 Å². The summed E-state index contributed by atoms with van der Waals surface area (Å²) in [4.78, 5) is 10.7. The van der Waals surface area contributed by atoms with E-state index in [1.165, 1.54) is 12.1 Å². The van der Waals surface area contributed by atoms with Crippen molar-refractivity contribution < 1.29 is 19.0 Å². The molecule has 0 aliphatic rings. The Labute approximate surface area is 94.0 Å². The number of carbonyl (C=O) groups is 1. The van der Waals surface area contributed by atoms with Gasteiger partial charge in [0.25, 0.3) is 0 Å². The van der Waals surface area contributed by atoms with Crippen molar-refractivity contribution in [3.05, 3.63) is 27.1 Å². The fourth-order valence-corrected chi connectivity index (χ4v) is 1.64. The van der Waals surface area contributed by atoms with E-state index in [9.17, 15) is 9.18 Å². The number of carboxylic acid groups (broad SMARTS) is 1. The number of hydrogen-bond donors (Lipinski definition) is 1. The van der Waals surface area contributed by atoms with E-state index in [1.54, 1.807) is 29.5 Å². The molecule has 0 bridgehead atoms. The first-order valence-corrected chi connectivity index (χ1v) is 5.00. The van der Waals surface area contributed by atoms with Crippen LogP contribution in [-0.2, 0) is 0 Å². The Kier molecular flexibility index (Phi) is 3.68. The Hall–Kier alpha value is -0.850. The van der Waals surface area contributed by atoms with Crippen LogP contribution in [0.15, 0.2) is 12.1 Å². The first-order chi connectivity index (χ1) is 6.57. The lowest BCUT2D eigenvalue weighted by Gasteiger charge is -2.07. The van der Waals surface area contributed by atoms with Crippen molar-refractivity contribution in [3.8, 4) is 5.75 Å².